The Labute approximate surface area is 183 Å². The fourth-order valence-electron chi connectivity index (χ4n) is 5.03. The van der Waals surface area contributed by atoms with Crippen molar-refractivity contribution >= 4 is 0 Å². The number of allylic oxidation sites excluding steroid dienone is 6. The molecule has 0 amide bonds. The second kappa shape index (κ2) is 7.63. The maximum absolute atomic E-state index is 2.49. The molecule has 3 heteroatoms. The molecule has 0 aromatic heterocycles. The molecule has 1 atom stereocenters. The quantitative estimate of drug-likeness (QED) is 0.543. The van der Waals surface area contributed by atoms with Crippen molar-refractivity contribution in [2.75, 3.05) is 0 Å². The van der Waals surface area contributed by atoms with Crippen LogP contribution in [0.3, 0.4) is 0 Å². The van der Waals surface area contributed by atoms with Gasteiger partial charge in [0.2, 0.25) is 0 Å². The van der Waals surface area contributed by atoms with Crippen molar-refractivity contribution in [2.24, 2.45) is 5.92 Å². The number of fused-ring (bicyclic) bond motifs is 3. The second-order valence-electron chi connectivity index (χ2n) is 7.01. The Balaban J connectivity index is 0.000000980. The first-order valence-electron chi connectivity index (χ1n) is 8.81. The first-order valence-corrected chi connectivity index (χ1v) is 10.0. The molecule has 3 aliphatic carbocycles. The van der Waals surface area contributed by atoms with Crippen LogP contribution in [0.2, 0.25) is 0 Å². The van der Waals surface area contributed by atoms with Gasteiger partial charge in [0.1, 0.15) is 0 Å². The molecule has 2 aromatic carbocycles. The summed E-state index contributed by atoms with van der Waals surface area (Å²) < 4.78 is 1.62. The van der Waals surface area contributed by atoms with Gasteiger partial charge in [-0.25, -0.2) is 0 Å². The molecule has 3 aliphatic rings. The molecule has 0 fully saturated rings. The molecule has 0 nitrogen and oxygen atoms in total. The number of hydrogen-bond donors (Lipinski definition) is 0. The van der Waals surface area contributed by atoms with Gasteiger partial charge >= 0.3 is 159 Å². The van der Waals surface area contributed by atoms with E-state index in [9.17, 15) is 0 Å². The molecule has 1 unspecified atom stereocenters. The standard InChI is InChI=1S/C23H19.2ClH.Zr/c1-2-10-17(9-1)23(18-11-3-4-12-18)21-15-7-5-13-19(21)20-14-6-8-16-22(20)23;;;/h1,3,5-9,11,13-17H,2,4,10H2;2*1H;/q;;;+2/p-2. The molecular formula is C23H19Cl2Zr. The van der Waals surface area contributed by atoms with Crippen LogP contribution in [0.25, 0.3) is 11.1 Å². The van der Waals surface area contributed by atoms with E-state index in [2.05, 4.69) is 72.8 Å². The molecule has 5 rings (SSSR count). The van der Waals surface area contributed by atoms with E-state index in [-0.39, 0.29) is 30.2 Å². The summed E-state index contributed by atoms with van der Waals surface area (Å²) in [4.78, 5) is 0. The van der Waals surface area contributed by atoms with Gasteiger partial charge in [-0.15, -0.1) is 0 Å². The van der Waals surface area contributed by atoms with Crippen LogP contribution in [0.4, 0.5) is 0 Å². The number of hydrogen-bond acceptors (Lipinski definition) is 0. The van der Waals surface area contributed by atoms with E-state index in [1.54, 1.807) is 33.6 Å². The van der Waals surface area contributed by atoms with Crippen molar-refractivity contribution in [3.63, 3.8) is 0 Å². The summed E-state index contributed by atoms with van der Waals surface area (Å²) in [7, 11) is 0. The van der Waals surface area contributed by atoms with Crippen molar-refractivity contribution in [1.82, 2.24) is 0 Å². The van der Waals surface area contributed by atoms with Crippen LogP contribution in [0.15, 0.2) is 81.7 Å². The maximum atomic E-state index is 2.49. The van der Waals surface area contributed by atoms with E-state index in [0.29, 0.717) is 5.92 Å². The summed E-state index contributed by atoms with van der Waals surface area (Å²) in [5.41, 5.74) is 7.50. The zero-order chi connectivity index (χ0) is 16.1. The molecule has 129 valence electrons. The number of halogens is 2. The Morgan fingerprint density at radius 3 is 1.96 bits per heavy atom. The zero-order valence-corrected chi connectivity index (χ0v) is 18.4. The van der Waals surface area contributed by atoms with Gasteiger partial charge in [-0.3, -0.25) is 0 Å². The van der Waals surface area contributed by atoms with Gasteiger partial charge in [0.05, 0.1) is 0 Å². The normalized spacial score (nSPS) is 21.2. The van der Waals surface area contributed by atoms with Gasteiger partial charge in [-0.1, -0.05) is 0 Å². The van der Waals surface area contributed by atoms with Gasteiger partial charge in [0.15, 0.2) is 0 Å². The zero-order valence-electron chi connectivity index (χ0n) is 14.4. The number of rotatable bonds is 2. The van der Waals surface area contributed by atoms with Gasteiger partial charge in [-0.2, -0.15) is 0 Å². The van der Waals surface area contributed by atoms with Crippen molar-refractivity contribution in [1.29, 1.82) is 0 Å². The topological polar surface area (TPSA) is 0 Å². The van der Waals surface area contributed by atoms with Crippen molar-refractivity contribution in [3.05, 3.63) is 92.8 Å². The van der Waals surface area contributed by atoms with Gasteiger partial charge < -0.3 is 24.8 Å². The first kappa shape index (κ1) is 19.9. The summed E-state index contributed by atoms with van der Waals surface area (Å²) in [6.45, 7) is 0. The Morgan fingerprint density at radius 2 is 1.46 bits per heavy atom. The third-order valence-electron chi connectivity index (χ3n) is 5.92. The molecule has 0 N–H and O–H groups in total. The Morgan fingerprint density at radius 1 is 0.846 bits per heavy atom. The van der Waals surface area contributed by atoms with Crippen LogP contribution in [-0.2, 0) is 30.1 Å². The molecule has 0 saturated heterocycles. The third kappa shape index (κ3) is 2.59. The Kier molecular flexibility index (Phi) is 5.83. The Hall–Kier alpha value is -0.877. The van der Waals surface area contributed by atoms with Crippen LogP contribution in [0.5, 0.6) is 0 Å². The minimum atomic E-state index is 0. The minimum absolute atomic E-state index is 0. The number of benzene rings is 2. The van der Waals surface area contributed by atoms with E-state index < -0.39 is 0 Å². The van der Waals surface area contributed by atoms with E-state index in [0.717, 1.165) is 6.42 Å². The predicted octanol–water partition coefficient (Wildman–Crippen LogP) is -0.312. The van der Waals surface area contributed by atoms with E-state index in [1.807, 2.05) is 0 Å². The van der Waals surface area contributed by atoms with Gasteiger partial charge in [0.25, 0.3) is 0 Å². The average Bonchev–Trinajstić information content (AvgIpc) is 3.34. The van der Waals surface area contributed by atoms with Gasteiger partial charge in [-0.05, 0) is 0 Å². The second-order valence-corrected chi connectivity index (χ2v) is 8.49. The molecule has 0 heterocycles. The van der Waals surface area contributed by atoms with Crippen molar-refractivity contribution in [2.45, 2.75) is 24.7 Å². The fraction of sp³-hybridized carbons (Fsp3) is 0.217. The van der Waals surface area contributed by atoms with E-state index in [4.69, 9.17) is 0 Å². The molecule has 0 spiro atoms. The van der Waals surface area contributed by atoms with Crippen molar-refractivity contribution < 1.29 is 49.5 Å². The van der Waals surface area contributed by atoms with Crippen LogP contribution in [0.1, 0.15) is 30.4 Å². The summed E-state index contributed by atoms with van der Waals surface area (Å²) in [6.07, 6.45) is 13.3. The van der Waals surface area contributed by atoms with Crippen LogP contribution >= 0.6 is 0 Å². The molecule has 0 bridgehead atoms. The van der Waals surface area contributed by atoms with Gasteiger partial charge in [0, 0.05) is 0 Å². The average molecular weight is 458 g/mol. The molecular weight excluding hydrogens is 438 g/mol. The summed E-state index contributed by atoms with van der Waals surface area (Å²) >= 11 is 1.56. The van der Waals surface area contributed by atoms with Crippen LogP contribution < -0.4 is 24.8 Å². The van der Waals surface area contributed by atoms with Crippen molar-refractivity contribution in [3.8, 4) is 11.1 Å². The van der Waals surface area contributed by atoms with Crippen LogP contribution in [-0.4, -0.2) is 0 Å². The Bertz CT molecular complexity index is 878. The van der Waals surface area contributed by atoms with Crippen LogP contribution in [0, 0.1) is 5.92 Å². The molecule has 26 heavy (non-hydrogen) atoms. The molecule has 0 radical (unpaired) electrons. The summed E-state index contributed by atoms with van der Waals surface area (Å²) in [6, 6.07) is 18.2. The monoisotopic (exact) mass is 455 g/mol. The molecule has 2 aromatic rings. The third-order valence-corrected chi connectivity index (χ3v) is 7.08. The SMILES string of the molecule is [Cl-].[Cl-].[Zr+2][C]1=C(C2(C3C=CCC3)c3ccccc3-c3ccccc32)C=CC1. The summed E-state index contributed by atoms with van der Waals surface area (Å²) in [5.74, 6) is 0.565. The first-order chi connectivity index (χ1) is 11.8. The van der Waals surface area contributed by atoms with E-state index >= 15 is 0 Å². The predicted molar refractivity (Wildman–Crippen MR) is 95.3 cm³/mol. The molecule has 0 saturated carbocycles. The molecule has 0 aliphatic heterocycles. The summed E-state index contributed by atoms with van der Waals surface area (Å²) in [5, 5.41) is 0. The fourth-order valence-corrected chi connectivity index (χ4v) is 6.01. The van der Waals surface area contributed by atoms with E-state index in [1.165, 1.54) is 35.1 Å².